The highest BCUT2D eigenvalue weighted by atomic mass is 32.2. The Bertz CT molecular complexity index is 838. The number of hydrogen-bond donors (Lipinski definition) is 3. The van der Waals surface area contributed by atoms with Gasteiger partial charge in [0.05, 0.1) is 19.1 Å². The van der Waals surface area contributed by atoms with Crippen molar-refractivity contribution in [2.45, 2.75) is 13.0 Å². The van der Waals surface area contributed by atoms with Crippen LogP contribution in [0.15, 0.2) is 48.5 Å². The van der Waals surface area contributed by atoms with Crippen LogP contribution >= 0.6 is 0 Å². The summed E-state index contributed by atoms with van der Waals surface area (Å²) in [5.74, 6) is 0.178. The van der Waals surface area contributed by atoms with E-state index >= 15 is 0 Å². The highest BCUT2D eigenvalue weighted by Gasteiger charge is 2.15. The minimum absolute atomic E-state index is 0.209. The molecule has 2 aromatic rings. The van der Waals surface area contributed by atoms with Crippen molar-refractivity contribution >= 4 is 33.0 Å². The molecule has 0 heterocycles. The third-order valence-electron chi connectivity index (χ3n) is 3.31. The average Bonchev–Trinajstić information content (AvgIpc) is 2.54. The summed E-state index contributed by atoms with van der Waals surface area (Å²) < 4.78 is 30.5. The van der Waals surface area contributed by atoms with Gasteiger partial charge in [0, 0.05) is 11.4 Å². The number of methoxy groups -OCH3 is 1. The molecule has 0 aliphatic carbocycles. The number of hydrogen-bond acceptors (Lipinski definition) is 5. The van der Waals surface area contributed by atoms with E-state index in [1.165, 1.54) is 7.11 Å². The van der Waals surface area contributed by atoms with Gasteiger partial charge in [-0.15, -0.1) is 0 Å². The van der Waals surface area contributed by atoms with Crippen LogP contribution in [0.4, 0.5) is 17.1 Å². The van der Waals surface area contributed by atoms with Crippen LogP contribution in [0.5, 0.6) is 5.75 Å². The molecule has 7 nitrogen and oxygen atoms in total. The van der Waals surface area contributed by atoms with Crippen molar-refractivity contribution in [1.82, 2.24) is 0 Å². The Morgan fingerprint density at radius 3 is 2.36 bits per heavy atom. The van der Waals surface area contributed by atoms with E-state index in [4.69, 9.17) is 4.74 Å². The summed E-state index contributed by atoms with van der Waals surface area (Å²) in [5, 5.41) is 5.84. The third-order valence-corrected chi connectivity index (χ3v) is 3.90. The molecule has 0 bridgehead atoms. The molecule has 0 saturated heterocycles. The van der Waals surface area contributed by atoms with Crippen molar-refractivity contribution in [3.63, 3.8) is 0 Å². The molecular formula is C17H21N3O4S. The quantitative estimate of drug-likeness (QED) is 0.702. The van der Waals surface area contributed by atoms with Gasteiger partial charge in [-0.3, -0.25) is 9.52 Å². The summed E-state index contributed by atoms with van der Waals surface area (Å²) >= 11 is 0. The number of ether oxygens (including phenoxy) is 1. The second kappa shape index (κ2) is 7.89. The van der Waals surface area contributed by atoms with Crippen LogP contribution < -0.4 is 20.1 Å². The first-order chi connectivity index (χ1) is 11.8. The maximum Gasteiger partial charge on any atom is 0.246 e. The second-order valence-corrected chi connectivity index (χ2v) is 7.26. The van der Waals surface area contributed by atoms with Gasteiger partial charge >= 0.3 is 0 Å². The Labute approximate surface area is 147 Å². The monoisotopic (exact) mass is 363 g/mol. The fourth-order valence-electron chi connectivity index (χ4n) is 2.16. The highest BCUT2D eigenvalue weighted by molar-refractivity contribution is 7.92. The molecule has 1 atom stereocenters. The van der Waals surface area contributed by atoms with E-state index in [0.29, 0.717) is 22.8 Å². The van der Waals surface area contributed by atoms with Gasteiger partial charge in [-0.05, 0) is 37.3 Å². The summed E-state index contributed by atoms with van der Waals surface area (Å²) in [6.45, 7) is 1.71. The van der Waals surface area contributed by atoms with Crippen molar-refractivity contribution in [1.29, 1.82) is 0 Å². The molecule has 0 aliphatic heterocycles. The topological polar surface area (TPSA) is 96.5 Å². The number of para-hydroxylation sites is 1. The molecule has 0 aromatic heterocycles. The highest BCUT2D eigenvalue weighted by Crippen LogP contribution is 2.28. The van der Waals surface area contributed by atoms with Crippen molar-refractivity contribution in [2.24, 2.45) is 0 Å². The lowest BCUT2D eigenvalue weighted by atomic mass is 10.2. The lowest BCUT2D eigenvalue weighted by Gasteiger charge is -2.17. The zero-order valence-corrected chi connectivity index (χ0v) is 15.1. The molecule has 0 fully saturated rings. The standard InChI is InChI=1S/C17H21N3O4S/c1-12(17(21)19-13-7-5-4-6-8-13)18-14-9-10-16(24-2)15(11-14)20-25(3,22)23/h4-12,18,20H,1-3H3,(H,19,21)/t12-/m0/s1. The van der Waals surface area contributed by atoms with Gasteiger partial charge in [-0.25, -0.2) is 8.42 Å². The SMILES string of the molecule is COc1ccc(N[C@@H](C)C(=O)Nc2ccccc2)cc1NS(C)(=O)=O. The predicted molar refractivity (Wildman–Crippen MR) is 99.6 cm³/mol. The third kappa shape index (κ3) is 5.68. The van der Waals surface area contributed by atoms with E-state index in [2.05, 4.69) is 15.4 Å². The Morgan fingerprint density at radius 1 is 1.08 bits per heavy atom. The summed E-state index contributed by atoms with van der Waals surface area (Å²) in [6, 6.07) is 13.5. The van der Waals surface area contributed by atoms with Crippen LogP contribution in [0.25, 0.3) is 0 Å². The van der Waals surface area contributed by atoms with Gasteiger partial charge in [0.15, 0.2) is 0 Å². The van der Waals surface area contributed by atoms with Crippen LogP contribution in [-0.2, 0) is 14.8 Å². The minimum atomic E-state index is -3.45. The van der Waals surface area contributed by atoms with Gasteiger partial charge in [-0.1, -0.05) is 18.2 Å². The zero-order chi connectivity index (χ0) is 18.4. The summed E-state index contributed by atoms with van der Waals surface area (Å²) in [5.41, 5.74) is 1.59. The largest absolute Gasteiger partial charge is 0.495 e. The molecule has 8 heteroatoms. The lowest BCUT2D eigenvalue weighted by Crippen LogP contribution is -2.31. The first-order valence-corrected chi connectivity index (χ1v) is 9.46. The maximum absolute atomic E-state index is 12.2. The molecule has 0 unspecified atom stereocenters. The Morgan fingerprint density at radius 2 is 1.76 bits per heavy atom. The number of nitrogens with one attached hydrogen (secondary N) is 3. The van der Waals surface area contributed by atoms with Gasteiger partial charge in [0.2, 0.25) is 15.9 Å². The molecule has 0 saturated carbocycles. The molecule has 3 N–H and O–H groups in total. The van der Waals surface area contributed by atoms with Crippen molar-refractivity contribution in [3.8, 4) is 5.75 Å². The summed E-state index contributed by atoms with van der Waals surface area (Å²) in [6.07, 6.45) is 1.06. The normalized spacial score (nSPS) is 12.1. The summed E-state index contributed by atoms with van der Waals surface area (Å²) in [7, 11) is -2.00. The van der Waals surface area contributed by atoms with Crippen LogP contribution in [0.2, 0.25) is 0 Å². The maximum atomic E-state index is 12.2. The molecule has 0 spiro atoms. The molecule has 2 rings (SSSR count). The molecule has 2 aromatic carbocycles. The molecule has 0 radical (unpaired) electrons. The van der Waals surface area contributed by atoms with Gasteiger partial charge < -0.3 is 15.4 Å². The number of anilines is 3. The van der Waals surface area contributed by atoms with E-state index in [9.17, 15) is 13.2 Å². The Hall–Kier alpha value is -2.74. The molecule has 1 amide bonds. The second-order valence-electron chi connectivity index (χ2n) is 5.51. The number of amides is 1. The first kappa shape index (κ1) is 18.6. The van der Waals surface area contributed by atoms with E-state index in [-0.39, 0.29) is 5.91 Å². The fourth-order valence-corrected chi connectivity index (χ4v) is 2.72. The number of sulfonamides is 1. The van der Waals surface area contributed by atoms with Gasteiger partial charge in [0.25, 0.3) is 0 Å². The summed E-state index contributed by atoms with van der Waals surface area (Å²) in [4.78, 5) is 12.2. The number of benzene rings is 2. The molecule has 25 heavy (non-hydrogen) atoms. The van der Waals surface area contributed by atoms with Gasteiger partial charge in [-0.2, -0.15) is 0 Å². The molecular weight excluding hydrogens is 342 g/mol. The predicted octanol–water partition coefficient (Wildman–Crippen LogP) is 2.51. The van der Waals surface area contributed by atoms with Crippen molar-refractivity contribution in [3.05, 3.63) is 48.5 Å². The minimum Gasteiger partial charge on any atom is -0.495 e. The zero-order valence-electron chi connectivity index (χ0n) is 14.2. The fraction of sp³-hybridized carbons (Fsp3) is 0.235. The molecule has 134 valence electrons. The number of carbonyl (C=O) groups is 1. The van der Waals surface area contributed by atoms with E-state index in [1.54, 1.807) is 37.3 Å². The van der Waals surface area contributed by atoms with E-state index in [0.717, 1.165) is 6.26 Å². The number of rotatable bonds is 7. The van der Waals surface area contributed by atoms with Crippen LogP contribution in [0.3, 0.4) is 0 Å². The average molecular weight is 363 g/mol. The molecule has 0 aliphatic rings. The van der Waals surface area contributed by atoms with Crippen LogP contribution in [0, 0.1) is 0 Å². The smallest absolute Gasteiger partial charge is 0.246 e. The van der Waals surface area contributed by atoms with E-state index in [1.807, 2.05) is 18.2 Å². The first-order valence-electron chi connectivity index (χ1n) is 7.57. The van der Waals surface area contributed by atoms with Gasteiger partial charge in [0.1, 0.15) is 11.8 Å². The van der Waals surface area contributed by atoms with Crippen molar-refractivity contribution < 1.29 is 17.9 Å². The van der Waals surface area contributed by atoms with Crippen molar-refractivity contribution in [2.75, 3.05) is 28.7 Å². The number of carbonyl (C=O) groups excluding carboxylic acids is 1. The Kier molecular flexibility index (Phi) is 5.87. The van der Waals surface area contributed by atoms with Crippen LogP contribution in [0.1, 0.15) is 6.92 Å². The van der Waals surface area contributed by atoms with Crippen LogP contribution in [-0.4, -0.2) is 33.7 Å². The Balaban J connectivity index is 2.10. The lowest BCUT2D eigenvalue weighted by molar-refractivity contribution is -0.116. The van der Waals surface area contributed by atoms with E-state index < -0.39 is 16.1 Å².